The maximum atomic E-state index is 6.26. The Balaban J connectivity index is 2.16. The van der Waals surface area contributed by atoms with Gasteiger partial charge in [0.05, 0.1) is 10.0 Å². The summed E-state index contributed by atoms with van der Waals surface area (Å²) in [4.78, 5) is 8.98. The van der Waals surface area contributed by atoms with E-state index in [2.05, 4.69) is 9.97 Å². The molecule has 1 aliphatic rings. The van der Waals surface area contributed by atoms with Crippen molar-refractivity contribution in [2.75, 3.05) is 0 Å². The Morgan fingerprint density at radius 3 is 2.58 bits per heavy atom. The number of nitrogens with zero attached hydrogens (tertiary/aromatic N) is 2. The number of hydrogen-bond acceptors (Lipinski definition) is 2. The number of halogens is 3. The van der Waals surface area contributed by atoms with E-state index in [9.17, 15) is 0 Å². The SMILES string of the molecule is Clc1cccc(-c2nc(Cl)c3c(n2)CCCC3)c1Cl. The largest absolute Gasteiger partial charge is 0.233 e. The van der Waals surface area contributed by atoms with Crippen molar-refractivity contribution in [2.45, 2.75) is 25.7 Å². The molecule has 0 atom stereocenters. The third-order valence-corrected chi connectivity index (χ3v) is 4.46. The van der Waals surface area contributed by atoms with E-state index in [4.69, 9.17) is 34.8 Å². The topological polar surface area (TPSA) is 25.8 Å². The van der Waals surface area contributed by atoms with Gasteiger partial charge in [0.25, 0.3) is 0 Å². The minimum atomic E-state index is 0.469. The molecule has 0 unspecified atom stereocenters. The molecular weight excluding hydrogens is 303 g/mol. The van der Waals surface area contributed by atoms with E-state index in [1.165, 1.54) is 0 Å². The van der Waals surface area contributed by atoms with Crippen LogP contribution in [-0.4, -0.2) is 9.97 Å². The van der Waals surface area contributed by atoms with Gasteiger partial charge >= 0.3 is 0 Å². The molecule has 1 aromatic heterocycles. The first kappa shape index (κ1) is 13.2. The van der Waals surface area contributed by atoms with Crippen LogP contribution >= 0.6 is 34.8 Å². The molecule has 0 amide bonds. The first-order valence-electron chi connectivity index (χ1n) is 6.16. The first-order chi connectivity index (χ1) is 9.16. The third kappa shape index (κ3) is 2.45. The molecule has 5 heteroatoms. The Kier molecular flexibility index (Phi) is 3.66. The number of aromatic nitrogens is 2. The van der Waals surface area contributed by atoms with Gasteiger partial charge in [-0.3, -0.25) is 0 Å². The number of aryl methyl sites for hydroxylation is 1. The van der Waals surface area contributed by atoms with Crippen LogP contribution in [0, 0.1) is 0 Å². The van der Waals surface area contributed by atoms with E-state index in [0.717, 1.165) is 42.5 Å². The average molecular weight is 314 g/mol. The van der Waals surface area contributed by atoms with Crippen LogP contribution in [0.5, 0.6) is 0 Å². The summed E-state index contributed by atoms with van der Waals surface area (Å²) in [6, 6.07) is 5.43. The summed E-state index contributed by atoms with van der Waals surface area (Å²) in [5.74, 6) is 0.554. The molecule has 19 heavy (non-hydrogen) atoms. The second-order valence-electron chi connectivity index (χ2n) is 4.57. The van der Waals surface area contributed by atoms with Crippen LogP contribution in [0.3, 0.4) is 0 Å². The summed E-state index contributed by atoms with van der Waals surface area (Å²) >= 11 is 18.5. The van der Waals surface area contributed by atoms with E-state index >= 15 is 0 Å². The predicted octanol–water partition coefficient (Wildman–Crippen LogP) is 4.98. The molecule has 98 valence electrons. The van der Waals surface area contributed by atoms with E-state index in [-0.39, 0.29) is 0 Å². The highest BCUT2D eigenvalue weighted by atomic mass is 35.5. The molecule has 1 aliphatic carbocycles. The molecule has 0 spiro atoms. The van der Waals surface area contributed by atoms with Gasteiger partial charge in [-0.25, -0.2) is 9.97 Å². The van der Waals surface area contributed by atoms with Gasteiger partial charge in [-0.1, -0.05) is 40.9 Å². The zero-order valence-corrected chi connectivity index (χ0v) is 12.4. The Labute approximate surface area is 126 Å². The van der Waals surface area contributed by atoms with Crippen LogP contribution < -0.4 is 0 Å². The average Bonchev–Trinajstić information content (AvgIpc) is 2.42. The van der Waals surface area contributed by atoms with E-state index in [1.807, 2.05) is 12.1 Å². The lowest BCUT2D eigenvalue weighted by atomic mass is 9.97. The molecule has 0 saturated carbocycles. The molecular formula is C14H11Cl3N2. The fraction of sp³-hybridized carbons (Fsp3) is 0.286. The van der Waals surface area contributed by atoms with Gasteiger partial charge in [0.2, 0.25) is 0 Å². The van der Waals surface area contributed by atoms with Crippen LogP contribution in [0.1, 0.15) is 24.1 Å². The molecule has 1 aromatic carbocycles. The zero-order chi connectivity index (χ0) is 13.4. The van der Waals surface area contributed by atoms with Gasteiger partial charge in [0.15, 0.2) is 5.82 Å². The van der Waals surface area contributed by atoms with Crippen molar-refractivity contribution in [3.05, 3.63) is 44.7 Å². The highest BCUT2D eigenvalue weighted by Crippen LogP contribution is 2.34. The number of benzene rings is 1. The van der Waals surface area contributed by atoms with Crippen molar-refractivity contribution >= 4 is 34.8 Å². The Morgan fingerprint density at radius 2 is 1.74 bits per heavy atom. The summed E-state index contributed by atoms with van der Waals surface area (Å²) in [6.07, 6.45) is 4.19. The fourth-order valence-corrected chi connectivity index (χ4v) is 3.01. The molecule has 0 N–H and O–H groups in total. The molecule has 3 rings (SSSR count). The van der Waals surface area contributed by atoms with Gasteiger partial charge in [-0.15, -0.1) is 0 Å². The van der Waals surface area contributed by atoms with Crippen molar-refractivity contribution in [3.8, 4) is 11.4 Å². The molecule has 0 fully saturated rings. The molecule has 2 nitrogen and oxygen atoms in total. The number of rotatable bonds is 1. The van der Waals surface area contributed by atoms with E-state index in [1.54, 1.807) is 6.07 Å². The highest BCUT2D eigenvalue weighted by Gasteiger charge is 2.18. The monoisotopic (exact) mass is 312 g/mol. The molecule has 2 aromatic rings. The lowest BCUT2D eigenvalue weighted by molar-refractivity contribution is 0.663. The lowest BCUT2D eigenvalue weighted by Crippen LogP contribution is -2.09. The second-order valence-corrected chi connectivity index (χ2v) is 5.71. The lowest BCUT2D eigenvalue weighted by Gasteiger charge is -2.17. The normalized spacial score (nSPS) is 14.3. The van der Waals surface area contributed by atoms with Crippen molar-refractivity contribution < 1.29 is 0 Å². The highest BCUT2D eigenvalue weighted by molar-refractivity contribution is 6.43. The summed E-state index contributed by atoms with van der Waals surface area (Å²) in [6.45, 7) is 0. The molecule has 0 radical (unpaired) electrons. The van der Waals surface area contributed by atoms with Crippen LogP contribution in [-0.2, 0) is 12.8 Å². The van der Waals surface area contributed by atoms with Gasteiger partial charge in [-0.2, -0.15) is 0 Å². The van der Waals surface area contributed by atoms with Gasteiger partial charge in [0, 0.05) is 16.8 Å². The van der Waals surface area contributed by atoms with Crippen LogP contribution in [0.4, 0.5) is 0 Å². The number of fused-ring (bicyclic) bond motifs is 1. The summed E-state index contributed by atoms with van der Waals surface area (Å²) < 4.78 is 0. The Morgan fingerprint density at radius 1 is 0.947 bits per heavy atom. The minimum absolute atomic E-state index is 0.469. The van der Waals surface area contributed by atoms with Crippen molar-refractivity contribution in [1.82, 2.24) is 9.97 Å². The maximum Gasteiger partial charge on any atom is 0.162 e. The van der Waals surface area contributed by atoms with Crippen LogP contribution in [0.15, 0.2) is 18.2 Å². The van der Waals surface area contributed by atoms with Gasteiger partial charge in [0.1, 0.15) is 5.15 Å². The maximum absolute atomic E-state index is 6.26. The van der Waals surface area contributed by atoms with Crippen LogP contribution in [0.2, 0.25) is 15.2 Å². The second kappa shape index (κ2) is 5.28. The predicted molar refractivity (Wildman–Crippen MR) is 79.1 cm³/mol. The van der Waals surface area contributed by atoms with Crippen molar-refractivity contribution in [1.29, 1.82) is 0 Å². The first-order valence-corrected chi connectivity index (χ1v) is 7.30. The summed E-state index contributed by atoms with van der Waals surface area (Å²) in [7, 11) is 0. The van der Waals surface area contributed by atoms with Crippen LogP contribution in [0.25, 0.3) is 11.4 Å². The van der Waals surface area contributed by atoms with Crippen molar-refractivity contribution in [3.63, 3.8) is 0 Å². The molecule has 0 saturated heterocycles. The van der Waals surface area contributed by atoms with E-state index < -0.39 is 0 Å². The Bertz CT molecular complexity index is 641. The molecule has 1 heterocycles. The molecule has 0 bridgehead atoms. The van der Waals surface area contributed by atoms with Gasteiger partial charge < -0.3 is 0 Å². The van der Waals surface area contributed by atoms with E-state index in [0.29, 0.717) is 21.0 Å². The number of hydrogen-bond donors (Lipinski definition) is 0. The minimum Gasteiger partial charge on any atom is -0.233 e. The standard InChI is InChI=1S/C14H11Cl3N2/c15-10-6-3-5-9(12(10)16)14-18-11-7-2-1-4-8(11)13(17)19-14/h3,5-6H,1-2,4,7H2. The smallest absolute Gasteiger partial charge is 0.162 e. The quantitative estimate of drug-likeness (QED) is 0.694. The zero-order valence-electron chi connectivity index (χ0n) is 10.1. The van der Waals surface area contributed by atoms with Crippen molar-refractivity contribution in [2.24, 2.45) is 0 Å². The third-order valence-electron chi connectivity index (χ3n) is 3.33. The molecule has 0 aliphatic heterocycles. The summed E-state index contributed by atoms with van der Waals surface area (Å²) in [5.41, 5.74) is 2.84. The Hall–Kier alpha value is -0.830. The van der Waals surface area contributed by atoms with Gasteiger partial charge in [-0.05, 0) is 37.8 Å². The fourth-order valence-electron chi connectivity index (χ4n) is 2.35. The summed E-state index contributed by atoms with van der Waals surface area (Å²) in [5, 5.41) is 1.50.